The Hall–Kier alpha value is -2.13. The van der Waals surface area contributed by atoms with E-state index in [1.165, 1.54) is 0 Å². The predicted molar refractivity (Wildman–Crippen MR) is 83.4 cm³/mol. The molecule has 0 atom stereocenters. The molecule has 0 saturated carbocycles. The highest BCUT2D eigenvalue weighted by atomic mass is 32.2. The Balaban J connectivity index is 2.08. The van der Waals surface area contributed by atoms with Crippen LogP contribution in [-0.4, -0.2) is 17.0 Å². The smallest absolute Gasteiger partial charge is 0.194 e. The van der Waals surface area contributed by atoms with Crippen molar-refractivity contribution in [2.75, 3.05) is 6.26 Å². The fraction of sp³-hybridized carbons (Fsp3) is 0.0588. The lowest BCUT2D eigenvalue weighted by Gasteiger charge is -2.07. The quantitative estimate of drug-likeness (QED) is 0.532. The normalized spacial score (nSPS) is 10.7. The number of thioether (sulfide) groups is 1. The number of pyridine rings is 1. The van der Waals surface area contributed by atoms with Gasteiger partial charge in [-0.05, 0) is 42.7 Å². The minimum absolute atomic E-state index is 0.0562. The molecule has 0 spiro atoms. The van der Waals surface area contributed by atoms with Crippen LogP contribution in [0.25, 0.3) is 10.9 Å². The van der Waals surface area contributed by atoms with E-state index in [1.54, 1.807) is 18.0 Å². The Morgan fingerprint density at radius 3 is 2.75 bits per heavy atom. The maximum atomic E-state index is 12.6. The van der Waals surface area contributed by atoms with Crippen molar-refractivity contribution >= 4 is 28.4 Å². The van der Waals surface area contributed by atoms with Gasteiger partial charge in [-0.1, -0.05) is 18.2 Å². The molecule has 3 rings (SSSR count). The molecule has 0 saturated heterocycles. The molecule has 0 aliphatic heterocycles. The van der Waals surface area contributed by atoms with Gasteiger partial charge in [0.25, 0.3) is 0 Å². The predicted octanol–water partition coefficient (Wildman–Crippen LogP) is 4.19. The first-order valence-electron chi connectivity index (χ1n) is 6.32. The van der Waals surface area contributed by atoms with Gasteiger partial charge in [0, 0.05) is 27.6 Å². The molecular formula is C17H13NOS. The van der Waals surface area contributed by atoms with Crippen LogP contribution in [0.3, 0.4) is 0 Å². The average Bonchev–Trinajstić information content (AvgIpc) is 2.53. The fourth-order valence-electron chi connectivity index (χ4n) is 2.20. The van der Waals surface area contributed by atoms with Crippen molar-refractivity contribution in [3.63, 3.8) is 0 Å². The Bertz CT molecular complexity index is 783. The van der Waals surface area contributed by atoms with E-state index in [0.717, 1.165) is 21.4 Å². The van der Waals surface area contributed by atoms with Crippen LogP contribution in [0.5, 0.6) is 0 Å². The molecule has 0 aliphatic rings. The van der Waals surface area contributed by atoms with Gasteiger partial charge in [0.1, 0.15) is 0 Å². The summed E-state index contributed by atoms with van der Waals surface area (Å²) in [4.78, 5) is 17.9. The minimum Gasteiger partial charge on any atom is -0.289 e. The SMILES string of the molecule is CSc1ccccc1C(=O)c1ccc2ncccc2c1. The zero-order valence-electron chi connectivity index (χ0n) is 11.0. The lowest BCUT2D eigenvalue weighted by Crippen LogP contribution is -2.02. The van der Waals surface area contributed by atoms with Gasteiger partial charge in [0.05, 0.1) is 5.52 Å². The molecule has 98 valence electrons. The number of fused-ring (bicyclic) bond motifs is 1. The maximum Gasteiger partial charge on any atom is 0.194 e. The van der Waals surface area contributed by atoms with Gasteiger partial charge < -0.3 is 0 Å². The van der Waals surface area contributed by atoms with E-state index in [9.17, 15) is 4.79 Å². The van der Waals surface area contributed by atoms with Gasteiger partial charge in [-0.3, -0.25) is 9.78 Å². The van der Waals surface area contributed by atoms with E-state index < -0.39 is 0 Å². The van der Waals surface area contributed by atoms with Crippen LogP contribution >= 0.6 is 11.8 Å². The number of aromatic nitrogens is 1. The van der Waals surface area contributed by atoms with Crippen molar-refractivity contribution in [3.05, 3.63) is 71.9 Å². The van der Waals surface area contributed by atoms with Crippen LogP contribution in [0.2, 0.25) is 0 Å². The third kappa shape index (κ3) is 2.32. The second kappa shape index (κ2) is 5.47. The molecule has 3 heteroatoms. The second-order valence-corrected chi connectivity index (χ2v) is 5.29. The molecule has 3 aromatic rings. The molecule has 0 fully saturated rings. The van der Waals surface area contributed by atoms with Gasteiger partial charge in [0.15, 0.2) is 5.78 Å². The van der Waals surface area contributed by atoms with Gasteiger partial charge in [0.2, 0.25) is 0 Å². The molecule has 20 heavy (non-hydrogen) atoms. The minimum atomic E-state index is 0.0562. The second-order valence-electron chi connectivity index (χ2n) is 4.44. The van der Waals surface area contributed by atoms with Crippen LogP contribution in [0.1, 0.15) is 15.9 Å². The summed E-state index contributed by atoms with van der Waals surface area (Å²) in [7, 11) is 0. The largest absolute Gasteiger partial charge is 0.289 e. The molecule has 0 aliphatic carbocycles. The van der Waals surface area contributed by atoms with E-state index in [-0.39, 0.29) is 5.78 Å². The Morgan fingerprint density at radius 1 is 1.05 bits per heavy atom. The summed E-state index contributed by atoms with van der Waals surface area (Å²) in [5.74, 6) is 0.0562. The topological polar surface area (TPSA) is 30.0 Å². The number of carbonyl (C=O) groups is 1. The maximum absolute atomic E-state index is 12.6. The summed E-state index contributed by atoms with van der Waals surface area (Å²) >= 11 is 1.59. The van der Waals surface area contributed by atoms with Crippen LogP contribution in [-0.2, 0) is 0 Å². The summed E-state index contributed by atoms with van der Waals surface area (Å²) < 4.78 is 0. The molecule has 0 unspecified atom stereocenters. The third-order valence-electron chi connectivity index (χ3n) is 3.22. The van der Waals surface area contributed by atoms with E-state index in [1.807, 2.05) is 60.9 Å². The van der Waals surface area contributed by atoms with Crippen LogP contribution in [0.15, 0.2) is 65.7 Å². The summed E-state index contributed by atoms with van der Waals surface area (Å²) in [6.45, 7) is 0. The number of carbonyl (C=O) groups excluding carboxylic acids is 1. The van der Waals surface area contributed by atoms with Gasteiger partial charge in [-0.25, -0.2) is 0 Å². The number of hydrogen-bond acceptors (Lipinski definition) is 3. The Kier molecular flexibility index (Phi) is 3.52. The Morgan fingerprint density at radius 2 is 1.90 bits per heavy atom. The van der Waals surface area contributed by atoms with E-state index in [0.29, 0.717) is 5.56 Å². The molecule has 1 aromatic heterocycles. The van der Waals surface area contributed by atoms with Crippen LogP contribution in [0, 0.1) is 0 Å². The first-order valence-corrected chi connectivity index (χ1v) is 7.54. The molecule has 0 radical (unpaired) electrons. The van der Waals surface area contributed by atoms with E-state index >= 15 is 0 Å². The number of ketones is 1. The van der Waals surface area contributed by atoms with E-state index in [4.69, 9.17) is 0 Å². The zero-order chi connectivity index (χ0) is 13.9. The van der Waals surface area contributed by atoms with Gasteiger partial charge >= 0.3 is 0 Å². The highest BCUT2D eigenvalue weighted by molar-refractivity contribution is 7.98. The summed E-state index contributed by atoms with van der Waals surface area (Å²) in [6.07, 6.45) is 3.74. The lowest BCUT2D eigenvalue weighted by molar-refractivity contribution is 0.103. The first-order chi connectivity index (χ1) is 9.79. The number of hydrogen-bond donors (Lipinski definition) is 0. The molecule has 1 heterocycles. The van der Waals surface area contributed by atoms with Gasteiger partial charge in [-0.15, -0.1) is 11.8 Å². The Labute approximate surface area is 121 Å². The fourth-order valence-corrected chi connectivity index (χ4v) is 2.80. The van der Waals surface area contributed by atoms with Crippen molar-refractivity contribution in [2.45, 2.75) is 4.90 Å². The molecule has 2 nitrogen and oxygen atoms in total. The van der Waals surface area contributed by atoms with Crippen molar-refractivity contribution < 1.29 is 4.79 Å². The summed E-state index contributed by atoms with van der Waals surface area (Å²) in [5, 5.41) is 0.986. The molecular weight excluding hydrogens is 266 g/mol. The van der Waals surface area contributed by atoms with Crippen molar-refractivity contribution in [1.29, 1.82) is 0 Å². The summed E-state index contributed by atoms with van der Waals surface area (Å²) in [6, 6.07) is 17.2. The molecule has 0 bridgehead atoms. The number of rotatable bonds is 3. The molecule has 2 aromatic carbocycles. The average molecular weight is 279 g/mol. The monoisotopic (exact) mass is 279 g/mol. The third-order valence-corrected chi connectivity index (χ3v) is 4.01. The first kappa shape index (κ1) is 12.9. The van der Waals surface area contributed by atoms with Crippen molar-refractivity contribution in [1.82, 2.24) is 4.98 Å². The van der Waals surface area contributed by atoms with Crippen molar-refractivity contribution in [2.24, 2.45) is 0 Å². The highest BCUT2D eigenvalue weighted by Crippen LogP contribution is 2.24. The van der Waals surface area contributed by atoms with E-state index in [2.05, 4.69) is 4.98 Å². The standard InChI is InChI=1S/C17H13NOS/c1-20-16-7-3-2-6-14(16)17(19)13-8-9-15-12(11-13)5-4-10-18-15/h2-11H,1H3. The zero-order valence-corrected chi connectivity index (χ0v) is 11.9. The molecule has 0 N–H and O–H groups in total. The number of nitrogens with zero attached hydrogens (tertiary/aromatic N) is 1. The highest BCUT2D eigenvalue weighted by Gasteiger charge is 2.13. The van der Waals surface area contributed by atoms with Gasteiger partial charge in [-0.2, -0.15) is 0 Å². The summed E-state index contributed by atoms with van der Waals surface area (Å²) in [5.41, 5.74) is 2.36. The number of benzene rings is 2. The molecule has 0 amide bonds. The van der Waals surface area contributed by atoms with Crippen LogP contribution in [0.4, 0.5) is 0 Å². The van der Waals surface area contributed by atoms with Crippen molar-refractivity contribution in [3.8, 4) is 0 Å². The van der Waals surface area contributed by atoms with Crippen LogP contribution < -0.4 is 0 Å². The lowest BCUT2D eigenvalue weighted by atomic mass is 10.0.